The highest BCUT2D eigenvalue weighted by Crippen LogP contribution is 2.26. The summed E-state index contributed by atoms with van der Waals surface area (Å²) in [7, 11) is 0. The average molecular weight is 385 g/mol. The first kappa shape index (κ1) is 15.9. The molecule has 0 amide bonds. The molecule has 7 heteroatoms. The van der Waals surface area contributed by atoms with Gasteiger partial charge in [0.05, 0.1) is 10.2 Å². The molecule has 0 saturated carbocycles. The van der Waals surface area contributed by atoms with E-state index in [0.717, 1.165) is 5.69 Å². The number of hydrogen-bond donors (Lipinski definition) is 0. The van der Waals surface area contributed by atoms with Crippen molar-refractivity contribution in [3.05, 3.63) is 63.8 Å². The van der Waals surface area contributed by atoms with E-state index >= 15 is 0 Å². The standard InChI is InChI=1S/C16H12BrF3N2O/c1-9-13(22-8-11(17)12(18)7-15(22)21-9)6-10-4-2-3-5-14(10)23-16(19)20/h2-5,7-8,16H,6H2,1H3. The van der Waals surface area contributed by atoms with Gasteiger partial charge in [0.25, 0.3) is 0 Å². The number of rotatable bonds is 4. The summed E-state index contributed by atoms with van der Waals surface area (Å²) in [5.74, 6) is -0.284. The summed E-state index contributed by atoms with van der Waals surface area (Å²) in [6.45, 7) is -1.09. The van der Waals surface area contributed by atoms with Crippen LogP contribution in [0, 0.1) is 12.7 Å². The van der Waals surface area contributed by atoms with Gasteiger partial charge in [0.15, 0.2) is 0 Å². The fourth-order valence-electron chi connectivity index (χ4n) is 2.46. The normalized spacial score (nSPS) is 11.4. The van der Waals surface area contributed by atoms with Crippen LogP contribution in [0.15, 0.2) is 41.0 Å². The molecule has 120 valence electrons. The molecule has 3 aromatic rings. The highest BCUT2D eigenvalue weighted by molar-refractivity contribution is 9.10. The van der Waals surface area contributed by atoms with Crippen LogP contribution in [-0.2, 0) is 6.42 Å². The van der Waals surface area contributed by atoms with Crippen LogP contribution in [0.1, 0.15) is 17.0 Å². The Balaban J connectivity index is 2.05. The molecule has 0 bridgehead atoms. The monoisotopic (exact) mass is 384 g/mol. The van der Waals surface area contributed by atoms with E-state index in [9.17, 15) is 13.2 Å². The first-order valence-electron chi connectivity index (χ1n) is 6.81. The van der Waals surface area contributed by atoms with E-state index in [1.165, 1.54) is 12.1 Å². The molecule has 3 nitrogen and oxygen atoms in total. The van der Waals surface area contributed by atoms with Crippen LogP contribution in [0.3, 0.4) is 0 Å². The summed E-state index contributed by atoms with van der Waals surface area (Å²) in [6, 6.07) is 7.92. The van der Waals surface area contributed by atoms with Crippen molar-refractivity contribution < 1.29 is 17.9 Å². The lowest BCUT2D eigenvalue weighted by molar-refractivity contribution is -0.0503. The van der Waals surface area contributed by atoms with Crippen LogP contribution in [0.4, 0.5) is 13.2 Å². The van der Waals surface area contributed by atoms with E-state index in [1.54, 1.807) is 35.7 Å². The molecule has 23 heavy (non-hydrogen) atoms. The zero-order valence-electron chi connectivity index (χ0n) is 12.1. The third kappa shape index (κ3) is 3.19. The topological polar surface area (TPSA) is 26.5 Å². The van der Waals surface area contributed by atoms with Gasteiger partial charge in [-0.2, -0.15) is 8.78 Å². The molecule has 2 heterocycles. The lowest BCUT2D eigenvalue weighted by atomic mass is 10.1. The van der Waals surface area contributed by atoms with E-state index < -0.39 is 12.4 Å². The summed E-state index contributed by atoms with van der Waals surface area (Å²) in [4.78, 5) is 4.31. The minimum atomic E-state index is -2.89. The van der Waals surface area contributed by atoms with Crippen molar-refractivity contribution in [3.8, 4) is 5.75 Å². The molecule has 0 atom stereocenters. The van der Waals surface area contributed by atoms with Gasteiger partial charge in [-0.05, 0) is 28.9 Å². The fourth-order valence-corrected chi connectivity index (χ4v) is 2.78. The second kappa shape index (κ2) is 6.23. The molecule has 2 aromatic heterocycles. The molecule has 0 saturated heterocycles. The van der Waals surface area contributed by atoms with E-state index in [-0.39, 0.29) is 5.75 Å². The molecule has 0 radical (unpaired) electrons. The van der Waals surface area contributed by atoms with Crippen molar-refractivity contribution in [3.63, 3.8) is 0 Å². The van der Waals surface area contributed by atoms with Crippen LogP contribution < -0.4 is 4.74 Å². The average Bonchev–Trinajstić information content (AvgIpc) is 2.77. The molecular weight excluding hydrogens is 373 g/mol. The third-order valence-electron chi connectivity index (χ3n) is 3.51. The summed E-state index contributed by atoms with van der Waals surface area (Å²) in [5, 5.41) is 0. The van der Waals surface area contributed by atoms with Crippen molar-refractivity contribution >= 4 is 21.6 Å². The Hall–Kier alpha value is -2.02. The minimum Gasteiger partial charge on any atom is -0.435 e. The number of imidazole rings is 1. The maximum Gasteiger partial charge on any atom is 0.387 e. The molecular formula is C16H12BrF3N2O. The van der Waals surface area contributed by atoms with E-state index in [0.29, 0.717) is 27.8 Å². The Kier molecular flexibility index (Phi) is 4.30. The number of nitrogens with zero attached hydrogens (tertiary/aromatic N) is 2. The molecule has 1 aromatic carbocycles. The number of aromatic nitrogens is 2. The van der Waals surface area contributed by atoms with Gasteiger partial charge in [-0.25, -0.2) is 9.37 Å². The number of para-hydroxylation sites is 1. The van der Waals surface area contributed by atoms with Crippen molar-refractivity contribution in [2.75, 3.05) is 0 Å². The zero-order chi connectivity index (χ0) is 16.6. The summed E-state index contributed by atoms with van der Waals surface area (Å²) in [6.07, 6.45) is 1.92. The van der Waals surface area contributed by atoms with Gasteiger partial charge in [-0.3, -0.25) is 0 Å². The number of halogens is 4. The highest BCUT2D eigenvalue weighted by atomic mass is 79.9. The summed E-state index contributed by atoms with van der Waals surface area (Å²) in [5.41, 5.74) is 2.56. The largest absolute Gasteiger partial charge is 0.435 e. The quantitative estimate of drug-likeness (QED) is 0.649. The number of aryl methyl sites for hydroxylation is 1. The smallest absolute Gasteiger partial charge is 0.387 e. The fraction of sp³-hybridized carbons (Fsp3) is 0.188. The molecule has 0 aliphatic heterocycles. The van der Waals surface area contributed by atoms with Gasteiger partial charge in [0, 0.05) is 29.9 Å². The number of pyridine rings is 1. The first-order chi connectivity index (χ1) is 11.0. The third-order valence-corrected chi connectivity index (χ3v) is 4.09. The van der Waals surface area contributed by atoms with Crippen LogP contribution >= 0.6 is 15.9 Å². The number of hydrogen-bond acceptors (Lipinski definition) is 2. The SMILES string of the molecule is Cc1nc2cc(F)c(Br)cn2c1Cc1ccccc1OC(F)F. The van der Waals surface area contributed by atoms with Gasteiger partial charge in [0.2, 0.25) is 0 Å². The Morgan fingerprint density at radius 2 is 2.04 bits per heavy atom. The molecule has 0 aliphatic rings. The lowest BCUT2D eigenvalue weighted by Crippen LogP contribution is -2.05. The Morgan fingerprint density at radius 1 is 1.30 bits per heavy atom. The van der Waals surface area contributed by atoms with Crippen molar-refractivity contribution in [1.29, 1.82) is 0 Å². The van der Waals surface area contributed by atoms with Gasteiger partial charge >= 0.3 is 6.61 Å². The van der Waals surface area contributed by atoms with Crippen LogP contribution in [0.5, 0.6) is 5.75 Å². The second-order valence-electron chi connectivity index (χ2n) is 5.00. The van der Waals surface area contributed by atoms with E-state index in [1.807, 2.05) is 0 Å². The van der Waals surface area contributed by atoms with Crippen molar-refractivity contribution in [1.82, 2.24) is 9.38 Å². The minimum absolute atomic E-state index is 0.123. The number of ether oxygens (including phenoxy) is 1. The predicted octanol–water partition coefficient (Wildman–Crippen LogP) is 4.74. The lowest BCUT2D eigenvalue weighted by Gasteiger charge is -2.11. The number of alkyl halides is 2. The summed E-state index contributed by atoms with van der Waals surface area (Å²) < 4.78 is 45.3. The van der Waals surface area contributed by atoms with Crippen LogP contribution in [-0.4, -0.2) is 16.0 Å². The molecule has 3 rings (SSSR count). The molecule has 0 aliphatic carbocycles. The Bertz CT molecular complexity index is 864. The van der Waals surface area contributed by atoms with Crippen molar-refractivity contribution in [2.24, 2.45) is 0 Å². The van der Waals surface area contributed by atoms with Gasteiger partial charge in [0.1, 0.15) is 17.2 Å². The Morgan fingerprint density at radius 3 is 2.78 bits per heavy atom. The maximum absolute atomic E-state index is 13.6. The number of fused-ring (bicyclic) bond motifs is 1. The first-order valence-corrected chi connectivity index (χ1v) is 7.60. The molecule has 0 fully saturated rings. The van der Waals surface area contributed by atoms with Crippen LogP contribution in [0.2, 0.25) is 0 Å². The summed E-state index contributed by atoms with van der Waals surface area (Å²) >= 11 is 3.14. The Labute approximate surface area is 138 Å². The van der Waals surface area contributed by atoms with E-state index in [4.69, 9.17) is 0 Å². The van der Waals surface area contributed by atoms with Gasteiger partial charge in [-0.15, -0.1) is 0 Å². The molecule has 0 unspecified atom stereocenters. The number of benzene rings is 1. The molecule has 0 spiro atoms. The predicted molar refractivity (Wildman–Crippen MR) is 83.5 cm³/mol. The van der Waals surface area contributed by atoms with Crippen molar-refractivity contribution in [2.45, 2.75) is 20.0 Å². The molecule has 0 N–H and O–H groups in total. The van der Waals surface area contributed by atoms with E-state index in [2.05, 4.69) is 25.7 Å². The zero-order valence-corrected chi connectivity index (χ0v) is 13.6. The maximum atomic E-state index is 13.6. The van der Waals surface area contributed by atoms with Crippen LogP contribution in [0.25, 0.3) is 5.65 Å². The van der Waals surface area contributed by atoms with Gasteiger partial charge < -0.3 is 9.14 Å². The second-order valence-corrected chi connectivity index (χ2v) is 5.86. The highest BCUT2D eigenvalue weighted by Gasteiger charge is 2.15. The van der Waals surface area contributed by atoms with Gasteiger partial charge in [-0.1, -0.05) is 18.2 Å².